The molecule has 0 radical (unpaired) electrons. The Morgan fingerprint density at radius 2 is 1.70 bits per heavy atom. The van der Waals surface area contributed by atoms with Crippen LogP contribution in [0.25, 0.3) is 0 Å². The smallest absolute Gasteiger partial charge is 0.0449 e. The molecule has 1 atom stereocenters. The first-order valence-corrected chi connectivity index (χ1v) is 8.22. The summed E-state index contributed by atoms with van der Waals surface area (Å²) in [6, 6.07) is 9.64. The molecule has 0 spiro atoms. The van der Waals surface area contributed by atoms with Crippen LogP contribution in [0, 0.1) is 0 Å². The van der Waals surface area contributed by atoms with Crippen molar-refractivity contribution in [2.45, 2.75) is 52.5 Å². The van der Waals surface area contributed by atoms with Gasteiger partial charge in [0.15, 0.2) is 0 Å². The van der Waals surface area contributed by atoms with Crippen molar-refractivity contribution in [3.8, 4) is 0 Å². The summed E-state index contributed by atoms with van der Waals surface area (Å²) >= 11 is 0. The van der Waals surface area contributed by atoms with Crippen LogP contribution in [0.5, 0.6) is 0 Å². The van der Waals surface area contributed by atoms with E-state index in [-0.39, 0.29) is 0 Å². The van der Waals surface area contributed by atoms with E-state index in [1.807, 2.05) is 0 Å². The van der Waals surface area contributed by atoms with E-state index in [2.05, 4.69) is 62.3 Å². The SMILES string of the molecule is CCCNC(CN(C)CCC)c1ccc(CCC)cc1. The van der Waals surface area contributed by atoms with Gasteiger partial charge in [-0.3, -0.25) is 0 Å². The normalized spacial score (nSPS) is 12.8. The minimum Gasteiger partial charge on any atom is -0.309 e. The highest BCUT2D eigenvalue weighted by molar-refractivity contribution is 5.25. The van der Waals surface area contributed by atoms with Crippen molar-refractivity contribution in [1.29, 1.82) is 0 Å². The largest absolute Gasteiger partial charge is 0.309 e. The molecule has 1 N–H and O–H groups in total. The lowest BCUT2D eigenvalue weighted by molar-refractivity contribution is 0.291. The van der Waals surface area contributed by atoms with Crippen molar-refractivity contribution in [3.63, 3.8) is 0 Å². The standard InChI is InChI=1S/C18H32N2/c1-5-8-16-9-11-17(12-10-16)18(19-13-6-2)15-20(4)14-7-3/h9-12,18-19H,5-8,13-15H2,1-4H3. The van der Waals surface area contributed by atoms with Crippen LogP contribution in [0.15, 0.2) is 24.3 Å². The van der Waals surface area contributed by atoms with Gasteiger partial charge < -0.3 is 10.2 Å². The third-order valence-electron chi connectivity index (χ3n) is 3.66. The van der Waals surface area contributed by atoms with E-state index in [0.717, 1.165) is 19.6 Å². The second-order valence-electron chi connectivity index (χ2n) is 5.76. The highest BCUT2D eigenvalue weighted by Crippen LogP contribution is 2.16. The Morgan fingerprint density at radius 3 is 2.25 bits per heavy atom. The van der Waals surface area contributed by atoms with Crippen molar-refractivity contribution >= 4 is 0 Å². The molecule has 0 bridgehead atoms. The predicted molar refractivity (Wildman–Crippen MR) is 89.3 cm³/mol. The third kappa shape index (κ3) is 6.06. The first-order chi connectivity index (χ1) is 9.71. The van der Waals surface area contributed by atoms with Crippen molar-refractivity contribution in [2.75, 3.05) is 26.7 Å². The molecule has 1 rings (SSSR count). The molecule has 0 fully saturated rings. The predicted octanol–water partition coefficient (Wildman–Crippen LogP) is 4.02. The summed E-state index contributed by atoms with van der Waals surface area (Å²) in [5.41, 5.74) is 2.87. The van der Waals surface area contributed by atoms with Gasteiger partial charge in [-0.2, -0.15) is 0 Å². The van der Waals surface area contributed by atoms with Gasteiger partial charge in [0.25, 0.3) is 0 Å². The van der Waals surface area contributed by atoms with Gasteiger partial charge in [-0.05, 0) is 50.5 Å². The van der Waals surface area contributed by atoms with Crippen LogP contribution in [0.4, 0.5) is 0 Å². The average molecular weight is 276 g/mol. The summed E-state index contributed by atoms with van der Waals surface area (Å²) in [7, 11) is 2.22. The Labute approximate surface area is 125 Å². The number of nitrogens with zero attached hydrogens (tertiary/aromatic N) is 1. The van der Waals surface area contributed by atoms with E-state index in [4.69, 9.17) is 0 Å². The molecule has 1 aromatic carbocycles. The zero-order valence-electron chi connectivity index (χ0n) is 13.8. The van der Waals surface area contributed by atoms with Crippen LogP contribution < -0.4 is 5.32 Å². The molecule has 20 heavy (non-hydrogen) atoms. The maximum Gasteiger partial charge on any atom is 0.0449 e. The zero-order valence-corrected chi connectivity index (χ0v) is 13.8. The molecular formula is C18H32N2. The second kappa shape index (κ2) is 9.95. The molecule has 2 heteroatoms. The summed E-state index contributed by atoms with van der Waals surface area (Å²) in [4.78, 5) is 2.42. The van der Waals surface area contributed by atoms with Gasteiger partial charge in [0.1, 0.15) is 0 Å². The molecule has 0 aliphatic rings. The van der Waals surface area contributed by atoms with Gasteiger partial charge >= 0.3 is 0 Å². The summed E-state index contributed by atoms with van der Waals surface area (Å²) < 4.78 is 0. The highest BCUT2D eigenvalue weighted by Gasteiger charge is 2.12. The lowest BCUT2D eigenvalue weighted by atomic mass is 10.0. The Kier molecular flexibility index (Phi) is 8.56. The number of hydrogen-bond acceptors (Lipinski definition) is 2. The number of likely N-dealkylation sites (N-methyl/N-ethyl adjacent to an activating group) is 1. The molecule has 0 aliphatic heterocycles. The minimum atomic E-state index is 0.446. The lowest BCUT2D eigenvalue weighted by Crippen LogP contribution is -2.33. The van der Waals surface area contributed by atoms with Gasteiger partial charge in [0.2, 0.25) is 0 Å². The monoisotopic (exact) mass is 276 g/mol. The summed E-state index contributed by atoms with van der Waals surface area (Å²) in [5, 5.41) is 3.68. The van der Waals surface area contributed by atoms with Crippen LogP contribution in [0.3, 0.4) is 0 Å². The van der Waals surface area contributed by atoms with Gasteiger partial charge in [0, 0.05) is 12.6 Å². The molecule has 0 saturated carbocycles. The molecule has 0 aromatic heterocycles. The average Bonchev–Trinajstić information content (AvgIpc) is 2.45. The third-order valence-corrected chi connectivity index (χ3v) is 3.66. The fourth-order valence-electron chi connectivity index (χ4n) is 2.60. The molecule has 0 heterocycles. The number of benzene rings is 1. The van der Waals surface area contributed by atoms with Crippen molar-refractivity contribution < 1.29 is 0 Å². The topological polar surface area (TPSA) is 15.3 Å². The Bertz CT molecular complexity index is 345. The molecule has 114 valence electrons. The number of nitrogens with one attached hydrogen (secondary N) is 1. The molecule has 0 amide bonds. The van der Waals surface area contributed by atoms with E-state index in [1.165, 1.54) is 36.8 Å². The van der Waals surface area contributed by atoms with Crippen molar-refractivity contribution in [3.05, 3.63) is 35.4 Å². The molecule has 0 aliphatic carbocycles. The van der Waals surface area contributed by atoms with E-state index < -0.39 is 0 Å². The maximum atomic E-state index is 3.68. The van der Waals surface area contributed by atoms with E-state index in [0.29, 0.717) is 6.04 Å². The maximum absolute atomic E-state index is 3.68. The Balaban J connectivity index is 2.70. The number of hydrogen-bond donors (Lipinski definition) is 1. The van der Waals surface area contributed by atoms with Gasteiger partial charge in [-0.15, -0.1) is 0 Å². The van der Waals surface area contributed by atoms with Crippen LogP contribution in [0.1, 0.15) is 57.2 Å². The Morgan fingerprint density at radius 1 is 1.00 bits per heavy atom. The molecular weight excluding hydrogens is 244 g/mol. The molecule has 2 nitrogen and oxygen atoms in total. The quantitative estimate of drug-likeness (QED) is 0.694. The summed E-state index contributed by atoms with van der Waals surface area (Å²) in [6.07, 6.45) is 4.80. The zero-order chi connectivity index (χ0) is 14.8. The van der Waals surface area contributed by atoms with E-state index >= 15 is 0 Å². The van der Waals surface area contributed by atoms with Crippen LogP contribution in [0.2, 0.25) is 0 Å². The summed E-state index contributed by atoms with van der Waals surface area (Å²) in [5.74, 6) is 0. The minimum absolute atomic E-state index is 0.446. The fraction of sp³-hybridized carbons (Fsp3) is 0.667. The van der Waals surface area contributed by atoms with Crippen LogP contribution in [-0.4, -0.2) is 31.6 Å². The number of rotatable bonds is 10. The van der Waals surface area contributed by atoms with Crippen LogP contribution in [-0.2, 0) is 6.42 Å². The molecule has 1 aromatic rings. The van der Waals surface area contributed by atoms with E-state index in [9.17, 15) is 0 Å². The molecule has 1 unspecified atom stereocenters. The van der Waals surface area contributed by atoms with Crippen LogP contribution >= 0.6 is 0 Å². The first kappa shape index (κ1) is 17.2. The summed E-state index contributed by atoms with van der Waals surface area (Å²) in [6.45, 7) is 10.0. The van der Waals surface area contributed by atoms with Crippen molar-refractivity contribution in [1.82, 2.24) is 10.2 Å². The lowest BCUT2D eigenvalue weighted by Gasteiger charge is -2.25. The Hall–Kier alpha value is -0.860. The number of aryl methyl sites for hydroxylation is 1. The first-order valence-electron chi connectivity index (χ1n) is 8.22. The van der Waals surface area contributed by atoms with Gasteiger partial charge in [-0.25, -0.2) is 0 Å². The molecule has 0 saturated heterocycles. The van der Waals surface area contributed by atoms with Gasteiger partial charge in [0.05, 0.1) is 0 Å². The fourth-order valence-corrected chi connectivity index (χ4v) is 2.60. The van der Waals surface area contributed by atoms with Crippen molar-refractivity contribution in [2.24, 2.45) is 0 Å². The van der Waals surface area contributed by atoms with E-state index in [1.54, 1.807) is 0 Å². The second-order valence-corrected chi connectivity index (χ2v) is 5.76. The highest BCUT2D eigenvalue weighted by atomic mass is 15.1. The van der Waals surface area contributed by atoms with Gasteiger partial charge in [-0.1, -0.05) is 51.5 Å².